The Hall–Kier alpha value is -2.94. The summed E-state index contributed by atoms with van der Waals surface area (Å²) in [6, 6.07) is 10.6. The fraction of sp³-hybridized carbons (Fsp3) is 0.409. The van der Waals surface area contributed by atoms with Gasteiger partial charge in [-0.1, -0.05) is 19.8 Å². The number of ether oxygens (including phenoxy) is 2. The molecule has 0 N–H and O–H groups in total. The van der Waals surface area contributed by atoms with Gasteiger partial charge in [0.05, 0.1) is 14.2 Å². The molecule has 1 saturated heterocycles. The van der Waals surface area contributed by atoms with Gasteiger partial charge in [-0.2, -0.15) is 8.42 Å². The highest BCUT2D eigenvalue weighted by atomic mass is 32.2. The van der Waals surface area contributed by atoms with Crippen LogP contribution in [0.25, 0.3) is 0 Å². The Morgan fingerprint density at radius 1 is 0.903 bits per heavy atom. The van der Waals surface area contributed by atoms with Crippen molar-refractivity contribution in [2.75, 3.05) is 38.8 Å². The number of carbonyl (C=O) groups is 1. The number of unbranched alkanes of at least 4 members (excludes halogenated alkanes) is 2. The van der Waals surface area contributed by atoms with E-state index in [9.17, 15) is 13.2 Å². The van der Waals surface area contributed by atoms with Crippen molar-refractivity contribution in [3.63, 3.8) is 0 Å². The van der Waals surface area contributed by atoms with E-state index >= 15 is 0 Å². The average Bonchev–Trinajstić information content (AvgIpc) is 3.13. The number of nitrogens with zero attached hydrogens (tertiary/aromatic N) is 2. The van der Waals surface area contributed by atoms with Gasteiger partial charge >= 0.3 is 16.1 Å². The summed E-state index contributed by atoms with van der Waals surface area (Å²) in [5.41, 5.74) is 0.657. The molecular weight excluding hydrogens is 420 g/mol. The molecule has 1 aliphatic rings. The summed E-state index contributed by atoms with van der Waals surface area (Å²) in [5.74, 6) is 0.907. The lowest BCUT2D eigenvalue weighted by Crippen LogP contribution is -2.32. The van der Waals surface area contributed by atoms with Crippen molar-refractivity contribution in [3.05, 3.63) is 42.5 Å². The van der Waals surface area contributed by atoms with E-state index in [4.69, 9.17) is 13.7 Å². The van der Waals surface area contributed by atoms with Gasteiger partial charge in [0.25, 0.3) is 0 Å². The van der Waals surface area contributed by atoms with E-state index in [1.54, 1.807) is 23.1 Å². The van der Waals surface area contributed by atoms with Crippen LogP contribution in [-0.4, -0.2) is 53.2 Å². The smallest absolute Gasteiger partial charge is 0.339 e. The monoisotopic (exact) mass is 448 g/mol. The number of methoxy groups -OCH3 is 2. The molecule has 2 amide bonds. The van der Waals surface area contributed by atoms with Crippen LogP contribution in [0, 0.1) is 0 Å². The molecule has 1 aliphatic heterocycles. The van der Waals surface area contributed by atoms with Crippen molar-refractivity contribution in [2.45, 2.75) is 31.1 Å². The first-order valence-electron chi connectivity index (χ1n) is 10.2. The highest BCUT2D eigenvalue weighted by Gasteiger charge is 2.29. The molecule has 1 fully saturated rings. The molecule has 0 atom stereocenters. The van der Waals surface area contributed by atoms with Crippen molar-refractivity contribution in [1.29, 1.82) is 0 Å². The highest BCUT2D eigenvalue weighted by Crippen LogP contribution is 2.30. The molecular formula is C22H28N2O6S. The van der Waals surface area contributed by atoms with Gasteiger partial charge in [0, 0.05) is 43.5 Å². The Labute approximate surface area is 183 Å². The van der Waals surface area contributed by atoms with Gasteiger partial charge in [0.1, 0.15) is 22.1 Å². The maximum Gasteiger partial charge on any atom is 0.339 e. The minimum Gasteiger partial charge on any atom is -0.496 e. The minimum absolute atomic E-state index is 0.00974. The molecule has 0 radical (unpaired) electrons. The number of amides is 2. The highest BCUT2D eigenvalue weighted by molar-refractivity contribution is 7.87. The fourth-order valence-electron chi connectivity index (χ4n) is 3.38. The molecule has 0 saturated carbocycles. The largest absolute Gasteiger partial charge is 0.496 e. The fourth-order valence-corrected chi connectivity index (χ4v) is 4.29. The predicted octanol–water partition coefficient (Wildman–Crippen LogP) is 3.90. The van der Waals surface area contributed by atoms with E-state index in [1.165, 1.54) is 38.5 Å². The van der Waals surface area contributed by atoms with Crippen LogP contribution in [0.4, 0.5) is 10.5 Å². The van der Waals surface area contributed by atoms with Crippen LogP contribution >= 0.6 is 0 Å². The number of hydrogen-bond donors (Lipinski definition) is 0. The number of benzene rings is 2. The molecule has 1 heterocycles. The van der Waals surface area contributed by atoms with E-state index in [2.05, 4.69) is 6.92 Å². The molecule has 0 aliphatic carbocycles. The standard InChI is InChI=1S/C22H28N2O6S/c1-4-5-6-11-23-12-13-24(22(23)25)17-7-9-21(10-8-17)31(26,27)30-20-15-18(28-2)14-19(16-20)29-3/h7-10,14-16H,4-6,11-13H2,1-3H3. The lowest BCUT2D eigenvalue weighted by Gasteiger charge is -2.19. The molecule has 0 aromatic heterocycles. The minimum atomic E-state index is -4.07. The second-order valence-electron chi connectivity index (χ2n) is 7.21. The van der Waals surface area contributed by atoms with Crippen LogP contribution in [0.15, 0.2) is 47.4 Å². The first kappa shape index (κ1) is 22.7. The maximum atomic E-state index is 12.7. The quantitative estimate of drug-likeness (QED) is 0.405. The third-order valence-electron chi connectivity index (χ3n) is 5.09. The number of rotatable bonds is 10. The van der Waals surface area contributed by atoms with Crippen LogP contribution in [0.1, 0.15) is 26.2 Å². The first-order chi connectivity index (χ1) is 14.9. The molecule has 168 valence electrons. The molecule has 2 aromatic rings. The maximum absolute atomic E-state index is 12.7. The van der Waals surface area contributed by atoms with E-state index in [0.717, 1.165) is 25.8 Å². The summed E-state index contributed by atoms with van der Waals surface area (Å²) in [4.78, 5) is 16.1. The van der Waals surface area contributed by atoms with Crippen LogP contribution < -0.4 is 18.6 Å². The Morgan fingerprint density at radius 3 is 2.10 bits per heavy atom. The SMILES string of the molecule is CCCCCN1CCN(c2ccc(S(=O)(=O)Oc3cc(OC)cc(OC)c3)cc2)C1=O. The summed E-state index contributed by atoms with van der Waals surface area (Å²) >= 11 is 0. The van der Waals surface area contributed by atoms with E-state index < -0.39 is 10.1 Å². The summed E-state index contributed by atoms with van der Waals surface area (Å²) < 4.78 is 40.9. The van der Waals surface area contributed by atoms with Crippen LogP contribution in [-0.2, 0) is 10.1 Å². The first-order valence-corrected chi connectivity index (χ1v) is 11.6. The average molecular weight is 449 g/mol. The van der Waals surface area contributed by atoms with Crippen LogP contribution in [0.5, 0.6) is 17.2 Å². The van der Waals surface area contributed by atoms with Crippen LogP contribution in [0.3, 0.4) is 0 Å². The Balaban J connectivity index is 1.71. The van der Waals surface area contributed by atoms with E-state index in [1.807, 2.05) is 4.90 Å². The number of carbonyl (C=O) groups excluding carboxylic acids is 1. The molecule has 8 nitrogen and oxygen atoms in total. The zero-order valence-corrected chi connectivity index (χ0v) is 18.9. The van der Waals surface area contributed by atoms with Gasteiger partial charge in [-0.25, -0.2) is 4.79 Å². The third kappa shape index (κ3) is 5.41. The zero-order valence-electron chi connectivity index (χ0n) is 18.0. The van der Waals surface area contributed by atoms with Gasteiger partial charge in [-0.3, -0.25) is 4.90 Å². The van der Waals surface area contributed by atoms with Gasteiger partial charge in [-0.15, -0.1) is 0 Å². The van der Waals surface area contributed by atoms with Crippen molar-refractivity contribution in [2.24, 2.45) is 0 Å². The Bertz CT molecular complexity index is 985. The molecule has 0 unspecified atom stereocenters. The molecule has 9 heteroatoms. The van der Waals surface area contributed by atoms with Crippen LogP contribution in [0.2, 0.25) is 0 Å². The predicted molar refractivity (Wildman–Crippen MR) is 118 cm³/mol. The van der Waals surface area contributed by atoms with Gasteiger partial charge in [0.2, 0.25) is 0 Å². The molecule has 3 rings (SSSR count). The van der Waals surface area contributed by atoms with E-state index in [0.29, 0.717) is 30.3 Å². The Kier molecular flexibility index (Phi) is 7.27. The molecule has 2 aromatic carbocycles. The van der Waals surface area contributed by atoms with Crippen molar-refractivity contribution < 1.29 is 26.9 Å². The Morgan fingerprint density at radius 2 is 1.52 bits per heavy atom. The van der Waals surface area contributed by atoms with Gasteiger partial charge in [-0.05, 0) is 30.7 Å². The van der Waals surface area contributed by atoms with Crippen molar-refractivity contribution in [1.82, 2.24) is 4.90 Å². The second-order valence-corrected chi connectivity index (χ2v) is 8.75. The zero-order chi connectivity index (χ0) is 22.4. The summed E-state index contributed by atoms with van der Waals surface area (Å²) in [5, 5.41) is 0. The summed E-state index contributed by atoms with van der Waals surface area (Å²) in [6.45, 7) is 4.12. The molecule has 31 heavy (non-hydrogen) atoms. The number of anilines is 1. The number of hydrogen-bond acceptors (Lipinski definition) is 6. The van der Waals surface area contributed by atoms with Crippen molar-refractivity contribution >= 4 is 21.8 Å². The third-order valence-corrected chi connectivity index (χ3v) is 6.36. The normalized spacial score (nSPS) is 14.1. The van der Waals surface area contributed by atoms with Gasteiger partial charge < -0.3 is 18.6 Å². The lowest BCUT2D eigenvalue weighted by atomic mass is 10.2. The number of urea groups is 1. The summed E-state index contributed by atoms with van der Waals surface area (Å²) in [6.07, 6.45) is 3.18. The van der Waals surface area contributed by atoms with E-state index in [-0.39, 0.29) is 16.7 Å². The van der Waals surface area contributed by atoms with Gasteiger partial charge in [0.15, 0.2) is 0 Å². The lowest BCUT2D eigenvalue weighted by molar-refractivity contribution is 0.219. The van der Waals surface area contributed by atoms with Crippen molar-refractivity contribution in [3.8, 4) is 17.2 Å². The second kappa shape index (κ2) is 9.91. The molecule has 0 bridgehead atoms. The topological polar surface area (TPSA) is 85.4 Å². The summed E-state index contributed by atoms with van der Waals surface area (Å²) in [7, 11) is -1.13. The molecule has 0 spiro atoms.